The Morgan fingerprint density at radius 2 is 2.00 bits per heavy atom. The largest absolute Gasteiger partial charge is 0.392 e. The van der Waals surface area contributed by atoms with Crippen molar-refractivity contribution in [3.63, 3.8) is 0 Å². The second-order valence-electron chi connectivity index (χ2n) is 6.20. The van der Waals surface area contributed by atoms with E-state index in [0.29, 0.717) is 25.2 Å². The fourth-order valence-corrected chi connectivity index (χ4v) is 2.66. The van der Waals surface area contributed by atoms with Crippen LogP contribution in [-0.2, 0) is 11.3 Å². The first kappa shape index (κ1) is 17.4. The number of likely N-dealkylation sites (tertiary alicyclic amines) is 1. The Labute approximate surface area is 137 Å². The number of aliphatic hydroxyl groups excluding tert-OH is 1. The lowest BCUT2D eigenvalue weighted by atomic mass is 10.1. The molecule has 0 spiro atoms. The maximum Gasteiger partial charge on any atom is 0.253 e. The van der Waals surface area contributed by atoms with Crippen molar-refractivity contribution in [3.8, 4) is 0 Å². The molecule has 1 aromatic carbocycles. The van der Waals surface area contributed by atoms with E-state index < -0.39 is 0 Å². The second-order valence-corrected chi connectivity index (χ2v) is 6.20. The summed E-state index contributed by atoms with van der Waals surface area (Å²) in [6.45, 7) is 2.17. The van der Waals surface area contributed by atoms with E-state index in [0.717, 1.165) is 24.9 Å². The Morgan fingerprint density at radius 1 is 1.30 bits per heavy atom. The van der Waals surface area contributed by atoms with Crippen LogP contribution in [0.25, 0.3) is 0 Å². The Morgan fingerprint density at radius 3 is 2.61 bits per heavy atom. The molecule has 0 aromatic heterocycles. The molecule has 1 atom stereocenters. The van der Waals surface area contributed by atoms with Crippen LogP contribution in [0, 0.1) is 0 Å². The summed E-state index contributed by atoms with van der Waals surface area (Å²) >= 11 is 0. The Hall–Kier alpha value is -1.92. The van der Waals surface area contributed by atoms with E-state index in [9.17, 15) is 14.7 Å². The van der Waals surface area contributed by atoms with Crippen molar-refractivity contribution in [1.82, 2.24) is 15.1 Å². The second kappa shape index (κ2) is 8.08. The minimum atomic E-state index is -0.321. The van der Waals surface area contributed by atoms with Crippen LogP contribution in [0.15, 0.2) is 24.3 Å². The Balaban J connectivity index is 1.79. The molecule has 2 N–H and O–H groups in total. The summed E-state index contributed by atoms with van der Waals surface area (Å²) in [5, 5.41) is 12.5. The molecule has 126 valence electrons. The third-order valence-electron chi connectivity index (χ3n) is 3.94. The third-order valence-corrected chi connectivity index (χ3v) is 3.94. The molecule has 0 unspecified atom stereocenters. The van der Waals surface area contributed by atoms with E-state index >= 15 is 0 Å². The fraction of sp³-hybridized carbons (Fsp3) is 0.529. The van der Waals surface area contributed by atoms with Crippen LogP contribution < -0.4 is 5.32 Å². The first-order chi connectivity index (χ1) is 11.0. The van der Waals surface area contributed by atoms with Crippen molar-refractivity contribution in [3.05, 3.63) is 35.4 Å². The summed E-state index contributed by atoms with van der Waals surface area (Å²) < 4.78 is 0. The maximum atomic E-state index is 12.0. The number of carbonyl (C=O) groups is 2. The molecule has 1 heterocycles. The molecule has 1 saturated heterocycles. The van der Waals surface area contributed by atoms with Gasteiger partial charge in [0.2, 0.25) is 5.91 Å². The van der Waals surface area contributed by atoms with Gasteiger partial charge in [0.25, 0.3) is 5.91 Å². The van der Waals surface area contributed by atoms with Gasteiger partial charge in [-0.15, -0.1) is 0 Å². The summed E-state index contributed by atoms with van der Waals surface area (Å²) in [5.74, 6) is -0.0863. The normalized spacial score (nSPS) is 18.5. The molecule has 1 aliphatic heterocycles. The quantitative estimate of drug-likeness (QED) is 0.827. The van der Waals surface area contributed by atoms with Crippen LogP contribution in [0.4, 0.5) is 0 Å². The van der Waals surface area contributed by atoms with Gasteiger partial charge in [-0.25, -0.2) is 0 Å². The highest BCUT2D eigenvalue weighted by molar-refractivity contribution is 5.93. The molecule has 6 nitrogen and oxygen atoms in total. The number of β-amino-alcohol motifs (C(OH)–C–C–N with tert-alkyl or cyclic N) is 1. The average molecular weight is 319 g/mol. The van der Waals surface area contributed by atoms with Crippen molar-refractivity contribution in [2.45, 2.75) is 25.5 Å². The van der Waals surface area contributed by atoms with Crippen LogP contribution in [0.2, 0.25) is 0 Å². The van der Waals surface area contributed by atoms with E-state index in [1.165, 1.54) is 4.90 Å². The summed E-state index contributed by atoms with van der Waals surface area (Å²) in [5.41, 5.74) is 1.58. The first-order valence-corrected chi connectivity index (χ1v) is 7.93. The van der Waals surface area contributed by atoms with Crippen molar-refractivity contribution in [2.75, 3.05) is 33.7 Å². The molecule has 0 radical (unpaired) electrons. The number of hydrogen-bond acceptors (Lipinski definition) is 4. The predicted octanol–water partition coefficient (Wildman–Crippen LogP) is 0.461. The van der Waals surface area contributed by atoms with Crippen molar-refractivity contribution in [1.29, 1.82) is 0 Å². The standard InChI is InChI=1S/C17H25N3O3/c1-19(2)17(23)14-7-5-13(6-8-14)10-18-16(22)12-20-9-3-4-15(21)11-20/h5-8,15,21H,3-4,9-12H2,1-2H3,(H,18,22)/t15-/m1/s1. The smallest absolute Gasteiger partial charge is 0.253 e. The highest BCUT2D eigenvalue weighted by Gasteiger charge is 2.19. The van der Waals surface area contributed by atoms with Crippen LogP contribution in [-0.4, -0.2) is 66.6 Å². The van der Waals surface area contributed by atoms with Crippen molar-refractivity contribution < 1.29 is 14.7 Å². The van der Waals surface area contributed by atoms with Gasteiger partial charge in [0, 0.05) is 32.7 Å². The summed E-state index contributed by atoms with van der Waals surface area (Å²) in [7, 11) is 3.43. The number of amides is 2. The van der Waals surface area contributed by atoms with Gasteiger partial charge >= 0.3 is 0 Å². The molecule has 0 bridgehead atoms. The molecule has 2 amide bonds. The third kappa shape index (κ3) is 5.33. The molecule has 1 aromatic rings. The average Bonchev–Trinajstić information content (AvgIpc) is 2.52. The molecule has 6 heteroatoms. The van der Waals surface area contributed by atoms with E-state index in [1.807, 2.05) is 17.0 Å². The number of aliphatic hydroxyl groups is 1. The van der Waals surface area contributed by atoms with Gasteiger partial charge in [-0.2, -0.15) is 0 Å². The monoisotopic (exact) mass is 319 g/mol. The van der Waals surface area contributed by atoms with E-state index in [-0.39, 0.29) is 17.9 Å². The van der Waals surface area contributed by atoms with Crippen molar-refractivity contribution >= 4 is 11.8 Å². The van der Waals surface area contributed by atoms with Crippen LogP contribution in [0.1, 0.15) is 28.8 Å². The predicted molar refractivity (Wildman–Crippen MR) is 88.0 cm³/mol. The highest BCUT2D eigenvalue weighted by atomic mass is 16.3. The molecular weight excluding hydrogens is 294 g/mol. The van der Waals surface area contributed by atoms with Crippen molar-refractivity contribution in [2.24, 2.45) is 0 Å². The van der Waals surface area contributed by atoms with Gasteiger partial charge in [0.1, 0.15) is 0 Å². The molecule has 2 rings (SSSR count). The number of rotatable bonds is 5. The molecule has 1 fully saturated rings. The van der Waals surface area contributed by atoms with E-state index in [2.05, 4.69) is 5.32 Å². The van der Waals surface area contributed by atoms with E-state index in [1.54, 1.807) is 26.2 Å². The summed E-state index contributed by atoms with van der Waals surface area (Å²) in [6, 6.07) is 7.24. The minimum absolute atomic E-state index is 0.0377. The Bertz CT molecular complexity index is 543. The maximum absolute atomic E-state index is 12.0. The van der Waals surface area contributed by atoms with Gasteiger partial charge in [0.05, 0.1) is 12.6 Å². The number of carbonyl (C=O) groups excluding carboxylic acids is 2. The van der Waals surface area contributed by atoms with Crippen LogP contribution >= 0.6 is 0 Å². The van der Waals surface area contributed by atoms with Gasteiger partial charge < -0.3 is 15.3 Å². The van der Waals surface area contributed by atoms with Gasteiger partial charge in [0.15, 0.2) is 0 Å². The molecule has 1 aliphatic rings. The van der Waals surface area contributed by atoms with Gasteiger partial charge in [-0.05, 0) is 37.1 Å². The first-order valence-electron chi connectivity index (χ1n) is 7.93. The van der Waals surface area contributed by atoms with Crippen LogP contribution in [0.3, 0.4) is 0 Å². The molecule has 0 aliphatic carbocycles. The molecular formula is C17H25N3O3. The lowest BCUT2D eigenvalue weighted by molar-refractivity contribution is -0.123. The lowest BCUT2D eigenvalue weighted by Gasteiger charge is -2.29. The van der Waals surface area contributed by atoms with Gasteiger partial charge in [-0.1, -0.05) is 12.1 Å². The topological polar surface area (TPSA) is 72.9 Å². The number of nitrogens with one attached hydrogen (secondary N) is 1. The van der Waals surface area contributed by atoms with Gasteiger partial charge in [-0.3, -0.25) is 14.5 Å². The van der Waals surface area contributed by atoms with E-state index in [4.69, 9.17) is 0 Å². The fourth-order valence-electron chi connectivity index (χ4n) is 2.66. The molecule has 23 heavy (non-hydrogen) atoms. The minimum Gasteiger partial charge on any atom is -0.392 e. The summed E-state index contributed by atoms with van der Waals surface area (Å²) in [6.07, 6.45) is 1.42. The zero-order valence-electron chi connectivity index (χ0n) is 13.8. The lowest BCUT2D eigenvalue weighted by Crippen LogP contribution is -2.44. The Kier molecular flexibility index (Phi) is 6.12. The molecule has 0 saturated carbocycles. The number of nitrogens with zero attached hydrogens (tertiary/aromatic N) is 2. The number of benzene rings is 1. The zero-order chi connectivity index (χ0) is 16.8. The van der Waals surface area contributed by atoms with Crippen LogP contribution in [0.5, 0.6) is 0 Å². The number of piperidine rings is 1. The highest BCUT2D eigenvalue weighted by Crippen LogP contribution is 2.09. The SMILES string of the molecule is CN(C)C(=O)c1ccc(CNC(=O)CN2CCC[C@@H](O)C2)cc1. The summed E-state index contributed by atoms with van der Waals surface area (Å²) in [4.78, 5) is 27.3. The zero-order valence-corrected chi connectivity index (χ0v) is 13.8. The number of hydrogen-bond donors (Lipinski definition) is 2.